The Balaban J connectivity index is 1.95. The minimum atomic E-state index is -2.41. The van der Waals surface area contributed by atoms with Crippen molar-refractivity contribution in [2.75, 3.05) is 0 Å². The number of fused-ring (bicyclic) bond motifs is 1. The summed E-state index contributed by atoms with van der Waals surface area (Å²) in [5.41, 5.74) is 5.72. The Morgan fingerprint density at radius 3 is 2.64 bits per heavy atom. The molecule has 0 amide bonds. The summed E-state index contributed by atoms with van der Waals surface area (Å²) in [6, 6.07) is 0. The number of rotatable bonds is 0. The predicted molar refractivity (Wildman–Crippen MR) is 50.0 cm³/mol. The van der Waals surface area contributed by atoms with E-state index in [0.29, 0.717) is 18.3 Å². The van der Waals surface area contributed by atoms with Gasteiger partial charge >= 0.3 is 0 Å². The zero-order chi connectivity index (χ0) is 10.1. The Bertz CT molecular complexity index is 274. The second-order valence-corrected chi connectivity index (χ2v) is 5.94. The van der Waals surface area contributed by atoms with E-state index in [2.05, 4.69) is 0 Å². The van der Waals surface area contributed by atoms with E-state index in [1.165, 1.54) is 0 Å². The maximum Gasteiger partial charge on any atom is 0.254 e. The Morgan fingerprint density at radius 2 is 1.93 bits per heavy atom. The van der Waals surface area contributed by atoms with Crippen LogP contribution in [0.25, 0.3) is 0 Å². The summed E-state index contributed by atoms with van der Waals surface area (Å²) in [5, 5.41) is 0. The molecule has 3 heteroatoms. The molecule has 0 aromatic carbocycles. The molecule has 0 aromatic heterocycles. The highest BCUT2D eigenvalue weighted by Gasteiger charge is 2.66. The monoisotopic (exact) mass is 201 g/mol. The number of hydrogen-bond donors (Lipinski definition) is 1. The zero-order valence-corrected chi connectivity index (χ0v) is 8.47. The first-order valence-corrected chi connectivity index (χ1v) is 5.57. The molecular formula is C11H17F2N. The quantitative estimate of drug-likeness (QED) is 0.640. The number of halogens is 2. The van der Waals surface area contributed by atoms with Crippen molar-refractivity contribution < 1.29 is 8.78 Å². The number of alkyl halides is 2. The summed E-state index contributed by atoms with van der Waals surface area (Å²) in [7, 11) is 0. The largest absolute Gasteiger partial charge is 0.325 e. The number of nitrogens with two attached hydrogens (primary N) is 1. The van der Waals surface area contributed by atoms with E-state index in [-0.39, 0.29) is 11.5 Å². The summed E-state index contributed by atoms with van der Waals surface area (Å²) < 4.78 is 27.6. The van der Waals surface area contributed by atoms with Gasteiger partial charge in [0.05, 0.1) is 0 Å². The minimum Gasteiger partial charge on any atom is -0.325 e. The van der Waals surface area contributed by atoms with Crippen LogP contribution in [0.1, 0.15) is 32.6 Å². The Kier molecular flexibility index (Phi) is 1.50. The van der Waals surface area contributed by atoms with Crippen molar-refractivity contribution in [1.29, 1.82) is 0 Å². The van der Waals surface area contributed by atoms with Crippen LogP contribution in [0.3, 0.4) is 0 Å². The highest BCUT2D eigenvalue weighted by Crippen LogP contribution is 2.65. The van der Waals surface area contributed by atoms with E-state index in [1.54, 1.807) is 0 Å². The first-order chi connectivity index (χ1) is 6.40. The highest BCUT2D eigenvalue weighted by atomic mass is 19.3. The highest BCUT2D eigenvalue weighted by molar-refractivity contribution is 5.11. The van der Waals surface area contributed by atoms with E-state index in [9.17, 15) is 8.78 Å². The first-order valence-electron chi connectivity index (χ1n) is 5.57. The van der Waals surface area contributed by atoms with Gasteiger partial charge in [0.15, 0.2) is 0 Å². The van der Waals surface area contributed by atoms with Gasteiger partial charge < -0.3 is 5.73 Å². The molecule has 14 heavy (non-hydrogen) atoms. The smallest absolute Gasteiger partial charge is 0.254 e. The zero-order valence-electron chi connectivity index (χ0n) is 8.47. The lowest BCUT2D eigenvalue weighted by atomic mass is 9.61. The molecule has 2 bridgehead atoms. The van der Waals surface area contributed by atoms with Crippen molar-refractivity contribution >= 4 is 0 Å². The van der Waals surface area contributed by atoms with Crippen molar-refractivity contribution in [1.82, 2.24) is 0 Å². The molecule has 3 aliphatic carbocycles. The van der Waals surface area contributed by atoms with Crippen molar-refractivity contribution in [3.05, 3.63) is 0 Å². The van der Waals surface area contributed by atoms with Crippen LogP contribution >= 0.6 is 0 Å². The molecule has 0 saturated heterocycles. The number of hydrogen-bond acceptors (Lipinski definition) is 1. The molecule has 0 aromatic rings. The Morgan fingerprint density at radius 1 is 1.21 bits per heavy atom. The molecule has 3 rings (SSSR count). The molecule has 5 atom stereocenters. The van der Waals surface area contributed by atoms with Crippen molar-refractivity contribution in [3.8, 4) is 0 Å². The average molecular weight is 201 g/mol. The van der Waals surface area contributed by atoms with Gasteiger partial charge in [-0.2, -0.15) is 0 Å². The Hall–Kier alpha value is -0.180. The topological polar surface area (TPSA) is 26.0 Å². The normalized spacial score (nSPS) is 59.1. The van der Waals surface area contributed by atoms with Gasteiger partial charge in [-0.1, -0.05) is 0 Å². The van der Waals surface area contributed by atoms with Gasteiger partial charge in [-0.25, -0.2) is 8.78 Å². The molecule has 2 N–H and O–H groups in total. The summed E-state index contributed by atoms with van der Waals surface area (Å²) in [5.74, 6) is -2.36. The molecule has 0 spiro atoms. The summed E-state index contributed by atoms with van der Waals surface area (Å²) >= 11 is 0. The van der Waals surface area contributed by atoms with Crippen LogP contribution in [0.4, 0.5) is 8.78 Å². The summed E-state index contributed by atoms with van der Waals surface area (Å²) in [4.78, 5) is 0. The van der Waals surface area contributed by atoms with Crippen LogP contribution in [-0.2, 0) is 0 Å². The fourth-order valence-electron chi connectivity index (χ4n) is 4.10. The molecule has 0 aliphatic heterocycles. The lowest BCUT2D eigenvalue weighted by molar-refractivity contribution is -0.137. The molecule has 0 heterocycles. The maximum absolute atomic E-state index is 13.8. The van der Waals surface area contributed by atoms with Crippen molar-refractivity contribution in [3.63, 3.8) is 0 Å². The SMILES string of the molecule is CC1(N)CC2CC3C2CC(C1)C3(F)F. The molecule has 3 fully saturated rings. The second kappa shape index (κ2) is 2.31. The van der Waals surface area contributed by atoms with Gasteiger partial charge in [-0.3, -0.25) is 0 Å². The summed E-state index contributed by atoms with van der Waals surface area (Å²) in [6.45, 7) is 1.94. The van der Waals surface area contributed by atoms with E-state index in [1.807, 2.05) is 6.92 Å². The third kappa shape index (κ3) is 0.967. The van der Waals surface area contributed by atoms with E-state index >= 15 is 0 Å². The molecule has 3 saturated carbocycles. The van der Waals surface area contributed by atoms with Gasteiger partial charge in [-0.05, 0) is 44.4 Å². The van der Waals surface area contributed by atoms with E-state index < -0.39 is 11.8 Å². The van der Waals surface area contributed by atoms with Crippen molar-refractivity contribution in [2.45, 2.75) is 44.1 Å². The molecule has 3 aliphatic rings. The van der Waals surface area contributed by atoms with Crippen LogP contribution in [0, 0.1) is 23.7 Å². The third-order valence-electron chi connectivity index (χ3n) is 4.72. The van der Waals surface area contributed by atoms with Crippen LogP contribution < -0.4 is 5.73 Å². The van der Waals surface area contributed by atoms with Crippen molar-refractivity contribution in [2.24, 2.45) is 29.4 Å². The lowest BCUT2D eigenvalue weighted by Crippen LogP contribution is -2.51. The van der Waals surface area contributed by atoms with Gasteiger partial charge in [0, 0.05) is 17.4 Å². The molecule has 0 radical (unpaired) electrons. The standard InChI is InChI=1S/C11H17F2N/c1-10(14)4-6-2-9-8(6)3-7(5-10)11(9,12)13/h6-9H,2-5,14H2,1H3. The first kappa shape index (κ1) is 9.08. The van der Waals surface area contributed by atoms with Gasteiger partial charge in [0.25, 0.3) is 5.92 Å². The van der Waals surface area contributed by atoms with Gasteiger partial charge in [0.2, 0.25) is 0 Å². The Labute approximate surface area is 83.0 Å². The van der Waals surface area contributed by atoms with E-state index in [4.69, 9.17) is 5.73 Å². The fraction of sp³-hybridized carbons (Fsp3) is 1.00. The second-order valence-electron chi connectivity index (χ2n) is 5.94. The summed E-state index contributed by atoms with van der Waals surface area (Å²) in [6.07, 6.45) is 2.93. The predicted octanol–water partition coefficient (Wildman–Crippen LogP) is 2.41. The van der Waals surface area contributed by atoms with Crippen LogP contribution in [0.2, 0.25) is 0 Å². The third-order valence-corrected chi connectivity index (χ3v) is 4.72. The maximum atomic E-state index is 13.8. The molecule has 80 valence electrons. The van der Waals surface area contributed by atoms with Gasteiger partial charge in [-0.15, -0.1) is 0 Å². The van der Waals surface area contributed by atoms with Crippen LogP contribution in [-0.4, -0.2) is 11.5 Å². The molecule has 5 unspecified atom stereocenters. The van der Waals surface area contributed by atoms with Crippen LogP contribution in [0.5, 0.6) is 0 Å². The fourth-order valence-corrected chi connectivity index (χ4v) is 4.10. The minimum absolute atomic E-state index is 0.292. The molecular weight excluding hydrogens is 184 g/mol. The van der Waals surface area contributed by atoms with E-state index in [0.717, 1.165) is 19.3 Å². The van der Waals surface area contributed by atoms with Gasteiger partial charge in [0.1, 0.15) is 0 Å². The average Bonchev–Trinajstić information content (AvgIpc) is 2.12. The molecule has 1 nitrogen and oxygen atoms in total. The van der Waals surface area contributed by atoms with Crippen LogP contribution in [0.15, 0.2) is 0 Å². The lowest BCUT2D eigenvalue weighted by Gasteiger charge is -2.47.